The molecule has 0 aliphatic heterocycles. The first-order valence-electron chi connectivity index (χ1n) is 12.3. The highest BCUT2D eigenvalue weighted by atomic mass is 19.4. The lowest BCUT2D eigenvalue weighted by Crippen LogP contribution is -2.17. The van der Waals surface area contributed by atoms with E-state index in [1.165, 1.54) is 45.6 Å². The predicted molar refractivity (Wildman–Crippen MR) is 142 cm³/mol. The lowest BCUT2D eigenvalue weighted by molar-refractivity contribution is -0.142. The van der Waals surface area contributed by atoms with E-state index < -0.39 is 42.4 Å². The molecule has 3 aromatic carbocycles. The van der Waals surface area contributed by atoms with E-state index in [1.807, 2.05) is 0 Å². The molecule has 0 heterocycles. The van der Waals surface area contributed by atoms with Crippen molar-refractivity contribution in [3.8, 4) is 22.6 Å². The Hall–Kier alpha value is -3.93. The quantitative estimate of drug-likeness (QED) is 0.0920. The number of alkyl halides is 3. The first-order valence-corrected chi connectivity index (χ1v) is 12.3. The number of hydrogen-bond donors (Lipinski definition) is 0. The summed E-state index contributed by atoms with van der Waals surface area (Å²) in [4.78, 5) is 11.8. The Bertz CT molecular complexity index is 1320. The molecule has 0 spiro atoms. The number of hydrogen-bond acceptors (Lipinski definition) is 7. The zero-order valence-corrected chi connectivity index (χ0v) is 22.8. The minimum Gasteiger partial charge on any atom is -0.489 e. The number of halogens is 4. The Morgan fingerprint density at radius 3 is 2.17 bits per heavy atom. The molecule has 0 fully saturated rings. The summed E-state index contributed by atoms with van der Waals surface area (Å²) in [5, 5.41) is 0. The Balaban J connectivity index is 1.81. The van der Waals surface area contributed by atoms with Crippen LogP contribution in [0.1, 0.15) is 28.5 Å². The zero-order chi connectivity index (χ0) is 30.0. The molecule has 3 rings (SSSR count). The van der Waals surface area contributed by atoms with Crippen LogP contribution in [0.25, 0.3) is 11.1 Å². The monoisotopic (exact) mass is 578 g/mol. The van der Waals surface area contributed by atoms with E-state index in [0.29, 0.717) is 22.4 Å². The zero-order valence-electron chi connectivity index (χ0n) is 22.8. The average molecular weight is 579 g/mol. The number of rotatable bonds is 14. The SMILES string of the molecule is C=CCOC(=O)Cc1ccc(-c2ccc(OCc3ccc(C(F)(F)F)c(OCOC)c3C(OC)OC)cc2)cc1F. The topological polar surface area (TPSA) is 72.5 Å². The van der Waals surface area contributed by atoms with E-state index >= 15 is 0 Å². The van der Waals surface area contributed by atoms with Gasteiger partial charge in [0, 0.05) is 26.9 Å². The van der Waals surface area contributed by atoms with Gasteiger partial charge in [0.25, 0.3) is 0 Å². The summed E-state index contributed by atoms with van der Waals surface area (Å²) in [5.41, 5.74) is 0.804. The standard InChI is InChI=1S/C30H30F4O7/c1-5-14-39-26(35)16-21-7-6-20(15-25(21)31)19-8-11-23(12-9-19)40-17-22-10-13-24(30(32,33)34)28(41-18-36-2)27(22)29(37-3)38-4/h5-13,15,29H,1,14,16-18H2,2-4H3. The summed E-state index contributed by atoms with van der Waals surface area (Å²) in [6, 6.07) is 13.4. The molecule has 11 heteroatoms. The Labute approximate surface area is 235 Å². The van der Waals surface area contributed by atoms with Gasteiger partial charge in [0.05, 0.1) is 17.5 Å². The fourth-order valence-electron chi connectivity index (χ4n) is 3.99. The van der Waals surface area contributed by atoms with Gasteiger partial charge in [0.1, 0.15) is 30.5 Å². The molecule has 0 amide bonds. The maximum Gasteiger partial charge on any atom is 0.419 e. The number of ether oxygens (including phenoxy) is 6. The summed E-state index contributed by atoms with van der Waals surface area (Å²) in [5.74, 6) is -1.18. The summed E-state index contributed by atoms with van der Waals surface area (Å²) in [6.07, 6.45) is -4.65. The van der Waals surface area contributed by atoms with Gasteiger partial charge in [0.2, 0.25) is 0 Å². The van der Waals surface area contributed by atoms with E-state index in [2.05, 4.69) is 6.58 Å². The van der Waals surface area contributed by atoms with Crippen molar-refractivity contribution in [2.45, 2.75) is 25.5 Å². The highest BCUT2D eigenvalue weighted by molar-refractivity contribution is 5.73. The largest absolute Gasteiger partial charge is 0.489 e. The molecule has 0 aliphatic carbocycles. The third kappa shape index (κ3) is 8.29. The second-order valence-corrected chi connectivity index (χ2v) is 8.63. The van der Waals surface area contributed by atoms with E-state index in [-0.39, 0.29) is 30.8 Å². The van der Waals surface area contributed by atoms with Crippen molar-refractivity contribution >= 4 is 5.97 Å². The summed E-state index contributed by atoms with van der Waals surface area (Å²) in [7, 11) is 3.88. The molecule has 0 bridgehead atoms. The molecule has 3 aromatic rings. The van der Waals surface area contributed by atoms with Crippen molar-refractivity contribution in [3.05, 3.63) is 95.3 Å². The minimum atomic E-state index is -4.70. The van der Waals surface area contributed by atoms with Gasteiger partial charge in [-0.25, -0.2) is 4.39 Å². The van der Waals surface area contributed by atoms with Crippen LogP contribution in [0.15, 0.2) is 67.3 Å². The van der Waals surface area contributed by atoms with Gasteiger partial charge in [-0.3, -0.25) is 4.79 Å². The van der Waals surface area contributed by atoms with Gasteiger partial charge in [0.15, 0.2) is 13.1 Å². The molecule has 0 unspecified atom stereocenters. The van der Waals surface area contributed by atoms with Crippen molar-refractivity contribution in [3.63, 3.8) is 0 Å². The molecule has 220 valence electrons. The molecule has 0 radical (unpaired) electrons. The summed E-state index contributed by atoms with van der Waals surface area (Å²) >= 11 is 0. The van der Waals surface area contributed by atoms with Crippen molar-refractivity contribution in [2.24, 2.45) is 0 Å². The first-order chi connectivity index (χ1) is 19.6. The number of methoxy groups -OCH3 is 3. The van der Waals surface area contributed by atoms with Crippen LogP contribution < -0.4 is 9.47 Å². The molecular formula is C30H30F4O7. The van der Waals surface area contributed by atoms with Gasteiger partial charge >= 0.3 is 12.1 Å². The normalized spacial score (nSPS) is 11.4. The van der Waals surface area contributed by atoms with Crippen LogP contribution in [0.5, 0.6) is 11.5 Å². The van der Waals surface area contributed by atoms with Gasteiger partial charge in [-0.05, 0) is 41.0 Å². The molecule has 41 heavy (non-hydrogen) atoms. The van der Waals surface area contributed by atoms with E-state index in [9.17, 15) is 22.4 Å². The second kappa shape index (κ2) is 14.6. The molecule has 0 N–H and O–H groups in total. The van der Waals surface area contributed by atoms with Crippen molar-refractivity contribution in [1.29, 1.82) is 0 Å². The van der Waals surface area contributed by atoms with E-state index in [4.69, 9.17) is 28.4 Å². The fraction of sp³-hybridized carbons (Fsp3) is 0.300. The minimum absolute atomic E-state index is 0.0161. The van der Waals surface area contributed by atoms with Crippen molar-refractivity contribution in [1.82, 2.24) is 0 Å². The molecule has 0 saturated carbocycles. The number of carbonyl (C=O) groups excluding carboxylic acids is 1. The Morgan fingerprint density at radius 1 is 0.927 bits per heavy atom. The smallest absolute Gasteiger partial charge is 0.419 e. The summed E-state index contributed by atoms with van der Waals surface area (Å²) in [6.45, 7) is 2.95. The van der Waals surface area contributed by atoms with Crippen molar-refractivity contribution < 1.29 is 50.8 Å². The lowest BCUT2D eigenvalue weighted by Gasteiger charge is -2.24. The van der Waals surface area contributed by atoms with Gasteiger partial charge in [-0.1, -0.05) is 43.0 Å². The second-order valence-electron chi connectivity index (χ2n) is 8.63. The number of carbonyl (C=O) groups is 1. The van der Waals surface area contributed by atoms with Crippen LogP contribution in [0.3, 0.4) is 0 Å². The fourth-order valence-corrected chi connectivity index (χ4v) is 3.99. The molecule has 0 atom stereocenters. The lowest BCUT2D eigenvalue weighted by atomic mass is 10.0. The molecule has 0 aliphatic rings. The summed E-state index contributed by atoms with van der Waals surface area (Å²) < 4.78 is 87.3. The Kier molecular flexibility index (Phi) is 11.3. The van der Waals surface area contributed by atoms with Gasteiger partial charge in [-0.2, -0.15) is 13.2 Å². The maximum absolute atomic E-state index is 14.6. The molecule has 7 nitrogen and oxygen atoms in total. The highest BCUT2D eigenvalue weighted by Gasteiger charge is 2.38. The predicted octanol–water partition coefficient (Wildman–Crippen LogP) is 6.64. The van der Waals surface area contributed by atoms with Crippen LogP contribution in [0, 0.1) is 5.82 Å². The van der Waals surface area contributed by atoms with E-state index in [0.717, 1.165) is 6.07 Å². The van der Waals surface area contributed by atoms with E-state index in [1.54, 1.807) is 30.3 Å². The highest BCUT2D eigenvalue weighted by Crippen LogP contribution is 2.43. The third-order valence-corrected chi connectivity index (χ3v) is 5.91. The van der Waals surface area contributed by atoms with Crippen LogP contribution >= 0.6 is 0 Å². The molecule has 0 aromatic heterocycles. The number of benzene rings is 3. The Morgan fingerprint density at radius 2 is 1.59 bits per heavy atom. The third-order valence-electron chi connectivity index (χ3n) is 5.91. The van der Waals surface area contributed by atoms with Crippen LogP contribution in [-0.4, -0.2) is 40.7 Å². The number of esters is 1. The molecule has 0 saturated heterocycles. The molecular weight excluding hydrogens is 548 g/mol. The first kappa shape index (κ1) is 31.6. The van der Waals surface area contributed by atoms with Gasteiger partial charge < -0.3 is 28.4 Å². The van der Waals surface area contributed by atoms with Gasteiger partial charge in [-0.15, -0.1) is 0 Å². The average Bonchev–Trinajstić information content (AvgIpc) is 2.95. The van der Waals surface area contributed by atoms with Crippen LogP contribution in [-0.2, 0) is 42.9 Å². The maximum atomic E-state index is 14.6. The van der Waals surface area contributed by atoms with Crippen molar-refractivity contribution in [2.75, 3.05) is 34.7 Å². The van der Waals surface area contributed by atoms with Crippen LogP contribution in [0.4, 0.5) is 17.6 Å². The van der Waals surface area contributed by atoms with Crippen LogP contribution in [0.2, 0.25) is 0 Å².